The first-order valence-corrected chi connectivity index (χ1v) is 12.8. The fourth-order valence-electron chi connectivity index (χ4n) is 6.46. The maximum absolute atomic E-state index is 10.9. The van der Waals surface area contributed by atoms with E-state index >= 15 is 0 Å². The zero-order valence-corrected chi connectivity index (χ0v) is 20.6. The van der Waals surface area contributed by atoms with E-state index in [1.54, 1.807) is 12.1 Å². The smallest absolute Gasteiger partial charge is 0.269 e. The van der Waals surface area contributed by atoms with Crippen molar-refractivity contribution in [1.29, 1.82) is 0 Å². The summed E-state index contributed by atoms with van der Waals surface area (Å²) >= 11 is 3.74. The average molecular weight is 515 g/mol. The Kier molecular flexibility index (Phi) is 6.61. The molecule has 0 spiro atoms. The van der Waals surface area contributed by atoms with Gasteiger partial charge in [0.15, 0.2) is 11.5 Å². The number of nitro groups is 1. The van der Waals surface area contributed by atoms with Crippen LogP contribution in [0.2, 0.25) is 0 Å². The van der Waals surface area contributed by atoms with E-state index in [-0.39, 0.29) is 5.69 Å². The van der Waals surface area contributed by atoms with Crippen molar-refractivity contribution in [2.45, 2.75) is 58.2 Å². The fraction of sp³-hybridized carbons (Fsp3) is 0.538. The minimum atomic E-state index is -0.398. The summed E-state index contributed by atoms with van der Waals surface area (Å²) < 4.78 is 12.9. The lowest BCUT2D eigenvalue weighted by atomic mass is 9.54. The summed E-state index contributed by atoms with van der Waals surface area (Å²) in [5, 5.41) is 14.8. The van der Waals surface area contributed by atoms with Gasteiger partial charge in [-0.3, -0.25) is 10.1 Å². The number of nitro benzene ring substituents is 1. The van der Waals surface area contributed by atoms with Gasteiger partial charge in [-0.05, 0) is 98.1 Å². The van der Waals surface area contributed by atoms with Crippen LogP contribution in [0.15, 0.2) is 40.9 Å². The van der Waals surface area contributed by atoms with Gasteiger partial charge in [0.1, 0.15) is 6.61 Å². The van der Waals surface area contributed by atoms with Crippen molar-refractivity contribution in [1.82, 2.24) is 5.32 Å². The van der Waals surface area contributed by atoms with Gasteiger partial charge in [-0.2, -0.15) is 0 Å². The molecule has 0 saturated heterocycles. The summed E-state index contributed by atoms with van der Waals surface area (Å²) in [5.74, 6) is 5.04. The van der Waals surface area contributed by atoms with Crippen molar-refractivity contribution in [2.75, 3.05) is 6.61 Å². The Hall–Kier alpha value is -2.12. The monoisotopic (exact) mass is 514 g/mol. The second-order valence-corrected chi connectivity index (χ2v) is 10.7. The lowest BCUT2D eigenvalue weighted by Crippen LogP contribution is -2.54. The summed E-state index contributed by atoms with van der Waals surface area (Å²) in [6.45, 7) is 3.65. The van der Waals surface area contributed by atoms with Crippen LogP contribution in [0.1, 0.15) is 50.2 Å². The Balaban J connectivity index is 1.25. The van der Waals surface area contributed by atoms with Crippen LogP contribution in [-0.4, -0.2) is 17.6 Å². The molecular weight excluding hydrogens is 484 g/mol. The normalized spacial score (nSPS) is 27.5. The third-order valence-corrected chi connectivity index (χ3v) is 8.45. The van der Waals surface area contributed by atoms with Gasteiger partial charge in [0.25, 0.3) is 5.69 Å². The van der Waals surface area contributed by atoms with E-state index in [1.807, 2.05) is 13.0 Å². The van der Waals surface area contributed by atoms with Crippen molar-refractivity contribution >= 4 is 21.6 Å². The lowest BCUT2D eigenvalue weighted by molar-refractivity contribution is -0.384. The number of nitrogens with zero attached hydrogens (tertiary/aromatic N) is 1. The first kappa shape index (κ1) is 22.7. The van der Waals surface area contributed by atoms with Crippen LogP contribution < -0.4 is 14.8 Å². The van der Waals surface area contributed by atoms with Crippen LogP contribution in [0.25, 0.3) is 0 Å². The molecule has 2 aromatic rings. The molecule has 6 rings (SSSR count). The molecule has 0 atom stereocenters. The highest BCUT2D eigenvalue weighted by atomic mass is 79.9. The predicted octanol–water partition coefficient (Wildman–Crippen LogP) is 6.25. The van der Waals surface area contributed by atoms with Crippen molar-refractivity contribution in [2.24, 2.45) is 23.7 Å². The molecule has 0 heterocycles. The average Bonchev–Trinajstić information content (AvgIpc) is 2.79. The number of halogens is 1. The maximum Gasteiger partial charge on any atom is 0.269 e. The Morgan fingerprint density at radius 1 is 1.00 bits per heavy atom. The molecule has 4 fully saturated rings. The molecule has 2 aromatic carbocycles. The topological polar surface area (TPSA) is 73.6 Å². The molecule has 1 N–H and O–H groups in total. The Bertz CT molecular complexity index is 982. The Morgan fingerprint density at radius 3 is 2.24 bits per heavy atom. The van der Waals surface area contributed by atoms with Gasteiger partial charge < -0.3 is 14.8 Å². The van der Waals surface area contributed by atoms with E-state index in [0.717, 1.165) is 46.0 Å². The first-order chi connectivity index (χ1) is 16.0. The highest BCUT2D eigenvalue weighted by Crippen LogP contribution is 2.53. The van der Waals surface area contributed by atoms with Crippen molar-refractivity contribution < 1.29 is 14.4 Å². The van der Waals surface area contributed by atoms with E-state index in [9.17, 15) is 10.1 Å². The number of nitrogens with one attached hydrogen (secondary N) is 1. The maximum atomic E-state index is 10.9. The summed E-state index contributed by atoms with van der Waals surface area (Å²) in [7, 11) is 0. The molecule has 4 saturated carbocycles. The third-order valence-electron chi connectivity index (χ3n) is 7.71. The van der Waals surface area contributed by atoms with Gasteiger partial charge in [-0.15, -0.1) is 0 Å². The number of benzene rings is 2. The number of hydrogen-bond donors (Lipinski definition) is 1. The second kappa shape index (κ2) is 9.63. The quantitative estimate of drug-likeness (QED) is 0.316. The van der Waals surface area contributed by atoms with Crippen LogP contribution in [-0.2, 0) is 13.2 Å². The largest absolute Gasteiger partial charge is 0.490 e. The van der Waals surface area contributed by atoms with Gasteiger partial charge in [0, 0.05) is 29.2 Å². The molecule has 0 aromatic heterocycles. The summed E-state index contributed by atoms with van der Waals surface area (Å²) in [5.41, 5.74) is 2.12. The summed E-state index contributed by atoms with van der Waals surface area (Å²) in [4.78, 5) is 10.5. The molecule has 7 heteroatoms. The van der Waals surface area contributed by atoms with Crippen molar-refractivity contribution in [3.63, 3.8) is 0 Å². The first-order valence-electron chi connectivity index (χ1n) is 12.0. The zero-order valence-electron chi connectivity index (χ0n) is 19.0. The van der Waals surface area contributed by atoms with Crippen LogP contribution in [0.5, 0.6) is 11.5 Å². The lowest BCUT2D eigenvalue weighted by Gasteiger charge is -2.54. The predicted molar refractivity (Wildman–Crippen MR) is 130 cm³/mol. The molecule has 0 unspecified atom stereocenters. The Labute approximate surface area is 203 Å². The van der Waals surface area contributed by atoms with Gasteiger partial charge in [0.2, 0.25) is 0 Å². The highest BCUT2D eigenvalue weighted by Gasteiger charge is 2.47. The number of ether oxygens (including phenoxy) is 2. The SMILES string of the molecule is CCOc1cc(CNC2C3CC4CC(C3)CC2C4)c(Br)cc1OCc1ccc([N+](=O)[O-])cc1. The van der Waals surface area contributed by atoms with E-state index in [2.05, 4.69) is 27.3 Å². The van der Waals surface area contributed by atoms with Crippen LogP contribution in [0, 0.1) is 33.8 Å². The fourth-order valence-corrected chi connectivity index (χ4v) is 6.92. The molecule has 4 aliphatic carbocycles. The summed E-state index contributed by atoms with van der Waals surface area (Å²) in [6.07, 6.45) is 7.11. The second-order valence-electron chi connectivity index (χ2n) is 9.87. The van der Waals surface area contributed by atoms with Gasteiger partial charge in [-0.1, -0.05) is 15.9 Å². The molecule has 6 nitrogen and oxygen atoms in total. The van der Waals surface area contributed by atoms with Gasteiger partial charge >= 0.3 is 0 Å². The molecule has 176 valence electrons. The van der Waals surface area contributed by atoms with E-state index in [1.165, 1.54) is 49.8 Å². The molecule has 0 aliphatic heterocycles. The minimum absolute atomic E-state index is 0.0764. The van der Waals surface area contributed by atoms with Crippen molar-refractivity contribution in [3.8, 4) is 11.5 Å². The van der Waals surface area contributed by atoms with E-state index < -0.39 is 4.92 Å². The highest BCUT2D eigenvalue weighted by molar-refractivity contribution is 9.10. The van der Waals surface area contributed by atoms with Crippen LogP contribution in [0.4, 0.5) is 5.69 Å². The molecular formula is C26H31BrN2O4. The standard InChI is InChI=1S/C26H31BrN2O4/c1-2-32-24-12-21(14-28-26-19-8-17-7-18(10-19)11-20(26)9-17)23(27)13-25(24)33-15-16-3-5-22(6-4-16)29(30)31/h3-6,12-13,17-20,26,28H,2,7-11,14-15H2,1H3. The zero-order chi connectivity index (χ0) is 22.9. The summed E-state index contributed by atoms with van der Waals surface area (Å²) in [6, 6.07) is 11.1. The minimum Gasteiger partial charge on any atom is -0.490 e. The number of non-ortho nitro benzene ring substituents is 1. The third kappa shape index (κ3) is 4.90. The molecule has 33 heavy (non-hydrogen) atoms. The Morgan fingerprint density at radius 2 is 1.64 bits per heavy atom. The number of hydrogen-bond acceptors (Lipinski definition) is 5. The van der Waals surface area contributed by atoms with E-state index in [4.69, 9.17) is 9.47 Å². The molecule has 0 amide bonds. The molecule has 4 bridgehead atoms. The molecule has 0 radical (unpaired) electrons. The van der Waals surface area contributed by atoms with Gasteiger partial charge in [0.05, 0.1) is 11.5 Å². The van der Waals surface area contributed by atoms with Crippen molar-refractivity contribution in [3.05, 3.63) is 62.1 Å². The number of rotatable bonds is 9. The van der Waals surface area contributed by atoms with Gasteiger partial charge in [-0.25, -0.2) is 0 Å². The molecule has 4 aliphatic rings. The van der Waals surface area contributed by atoms with E-state index in [0.29, 0.717) is 25.0 Å². The van der Waals surface area contributed by atoms with Crippen LogP contribution in [0.3, 0.4) is 0 Å². The van der Waals surface area contributed by atoms with Crippen LogP contribution >= 0.6 is 15.9 Å².